The molecule has 0 unspecified atom stereocenters. The van der Waals surface area contributed by atoms with E-state index in [1.54, 1.807) is 13.0 Å². The van der Waals surface area contributed by atoms with E-state index >= 15 is 0 Å². The number of hydrogen-bond acceptors (Lipinski definition) is 4. The van der Waals surface area contributed by atoms with Gasteiger partial charge >= 0.3 is 0 Å². The number of anilines is 1. The van der Waals surface area contributed by atoms with E-state index in [4.69, 9.17) is 4.74 Å². The van der Waals surface area contributed by atoms with Crippen molar-refractivity contribution in [2.24, 2.45) is 0 Å². The van der Waals surface area contributed by atoms with Crippen molar-refractivity contribution >= 4 is 23.5 Å². The number of Topliss-reactive ketones (excluding diaryl/α,β-unsaturated/α-hetero) is 1. The summed E-state index contributed by atoms with van der Waals surface area (Å²) in [6, 6.07) is 25.4. The summed E-state index contributed by atoms with van der Waals surface area (Å²) in [6.07, 6.45) is 3.47. The second-order valence-electron chi connectivity index (χ2n) is 8.10. The molecule has 1 aliphatic heterocycles. The van der Waals surface area contributed by atoms with Gasteiger partial charge in [0.25, 0.3) is 0 Å². The summed E-state index contributed by atoms with van der Waals surface area (Å²) >= 11 is 0. The molecule has 5 heteroatoms. The lowest BCUT2D eigenvalue weighted by Gasteiger charge is -2.35. The molecular formula is C28H28N2O3. The number of ketones is 1. The van der Waals surface area contributed by atoms with Crippen molar-refractivity contribution in [1.82, 2.24) is 4.90 Å². The minimum atomic E-state index is 0.0113. The molecule has 1 aliphatic rings. The van der Waals surface area contributed by atoms with E-state index in [0.29, 0.717) is 25.3 Å². The van der Waals surface area contributed by atoms with Gasteiger partial charge in [0.2, 0.25) is 5.91 Å². The summed E-state index contributed by atoms with van der Waals surface area (Å²) in [5.41, 5.74) is 3.84. The third kappa shape index (κ3) is 6.10. The summed E-state index contributed by atoms with van der Waals surface area (Å²) in [4.78, 5) is 28.2. The third-order valence-corrected chi connectivity index (χ3v) is 5.76. The van der Waals surface area contributed by atoms with Crippen LogP contribution in [0.15, 0.2) is 84.9 Å². The molecule has 0 atom stereocenters. The Morgan fingerprint density at radius 2 is 1.61 bits per heavy atom. The van der Waals surface area contributed by atoms with Crippen LogP contribution in [0.25, 0.3) is 6.08 Å². The number of hydrogen-bond donors (Lipinski definition) is 0. The highest BCUT2D eigenvalue weighted by atomic mass is 16.5. The lowest BCUT2D eigenvalue weighted by atomic mass is 10.1. The van der Waals surface area contributed by atoms with E-state index in [0.717, 1.165) is 35.7 Å². The van der Waals surface area contributed by atoms with Gasteiger partial charge in [-0.2, -0.15) is 0 Å². The molecule has 1 fully saturated rings. The number of ether oxygens (including phenoxy) is 1. The Hall–Kier alpha value is -3.86. The van der Waals surface area contributed by atoms with Crippen molar-refractivity contribution in [2.75, 3.05) is 31.1 Å². The minimum Gasteiger partial charge on any atom is -0.489 e. The normalized spacial score (nSPS) is 13.8. The molecule has 1 amide bonds. The van der Waals surface area contributed by atoms with Gasteiger partial charge in [-0.25, -0.2) is 0 Å². The van der Waals surface area contributed by atoms with E-state index < -0.39 is 0 Å². The Balaban J connectivity index is 1.29. The van der Waals surface area contributed by atoms with Crippen LogP contribution in [0.4, 0.5) is 5.69 Å². The Morgan fingerprint density at radius 3 is 2.30 bits per heavy atom. The first kappa shape index (κ1) is 22.3. The number of carbonyl (C=O) groups is 2. The maximum absolute atomic E-state index is 12.7. The molecule has 0 spiro atoms. The summed E-state index contributed by atoms with van der Waals surface area (Å²) in [5, 5.41) is 0. The number of amides is 1. The molecule has 1 heterocycles. The van der Waals surface area contributed by atoms with Gasteiger partial charge in [0.05, 0.1) is 0 Å². The third-order valence-electron chi connectivity index (χ3n) is 5.76. The zero-order valence-electron chi connectivity index (χ0n) is 18.8. The lowest BCUT2D eigenvalue weighted by molar-refractivity contribution is -0.126. The average molecular weight is 441 g/mol. The maximum atomic E-state index is 12.7. The van der Waals surface area contributed by atoms with Gasteiger partial charge in [-0.3, -0.25) is 9.59 Å². The summed E-state index contributed by atoms with van der Waals surface area (Å²) in [7, 11) is 0. The minimum absolute atomic E-state index is 0.0113. The van der Waals surface area contributed by atoms with Crippen LogP contribution < -0.4 is 9.64 Å². The van der Waals surface area contributed by atoms with Crippen LogP contribution in [-0.4, -0.2) is 42.8 Å². The van der Waals surface area contributed by atoms with E-state index in [-0.39, 0.29) is 11.7 Å². The van der Waals surface area contributed by atoms with Crippen LogP contribution in [0.3, 0.4) is 0 Å². The van der Waals surface area contributed by atoms with E-state index in [1.807, 2.05) is 89.8 Å². The Bertz CT molecular complexity index is 1120. The molecule has 3 aromatic rings. The van der Waals surface area contributed by atoms with Crippen molar-refractivity contribution in [3.8, 4) is 5.75 Å². The van der Waals surface area contributed by atoms with Crippen molar-refractivity contribution in [2.45, 2.75) is 13.5 Å². The molecule has 0 bridgehead atoms. The molecule has 1 saturated heterocycles. The molecule has 0 aromatic heterocycles. The number of nitrogens with zero attached hydrogens (tertiary/aromatic N) is 2. The molecule has 5 nitrogen and oxygen atoms in total. The SMILES string of the molecule is CC(=O)c1ccc(N2CCN(C(=O)/C=C/c3cccc(OCc4ccccc4)c3)CC2)cc1. The second-order valence-corrected chi connectivity index (χ2v) is 8.10. The van der Waals surface area contributed by atoms with Gasteiger partial charge in [0, 0.05) is 43.5 Å². The monoisotopic (exact) mass is 440 g/mol. The van der Waals surface area contributed by atoms with Crippen molar-refractivity contribution < 1.29 is 14.3 Å². The predicted octanol–water partition coefficient (Wildman–Crippen LogP) is 4.83. The van der Waals surface area contributed by atoms with Crippen molar-refractivity contribution in [3.63, 3.8) is 0 Å². The van der Waals surface area contributed by atoms with Gasteiger partial charge in [-0.15, -0.1) is 0 Å². The van der Waals surface area contributed by atoms with E-state index in [2.05, 4.69) is 4.90 Å². The molecule has 4 rings (SSSR count). The van der Waals surface area contributed by atoms with Crippen molar-refractivity contribution in [3.05, 3.63) is 102 Å². The highest BCUT2D eigenvalue weighted by Crippen LogP contribution is 2.19. The average Bonchev–Trinajstić information content (AvgIpc) is 2.87. The number of carbonyl (C=O) groups excluding carboxylic acids is 2. The fraction of sp³-hybridized carbons (Fsp3) is 0.214. The van der Waals surface area contributed by atoms with Crippen LogP contribution in [0.1, 0.15) is 28.4 Å². The molecule has 0 N–H and O–H groups in total. The fourth-order valence-electron chi connectivity index (χ4n) is 3.81. The number of piperazine rings is 1. The zero-order chi connectivity index (χ0) is 23.0. The Kier molecular flexibility index (Phi) is 7.20. The number of rotatable bonds is 7. The summed E-state index contributed by atoms with van der Waals surface area (Å²) < 4.78 is 5.88. The molecule has 33 heavy (non-hydrogen) atoms. The van der Waals surface area contributed by atoms with E-state index in [1.165, 1.54) is 0 Å². The molecule has 0 saturated carbocycles. The van der Waals surface area contributed by atoms with Crippen LogP contribution in [-0.2, 0) is 11.4 Å². The smallest absolute Gasteiger partial charge is 0.246 e. The van der Waals surface area contributed by atoms with Crippen LogP contribution in [0.5, 0.6) is 5.75 Å². The second kappa shape index (κ2) is 10.6. The van der Waals surface area contributed by atoms with Gasteiger partial charge < -0.3 is 14.5 Å². The first-order valence-corrected chi connectivity index (χ1v) is 11.2. The van der Waals surface area contributed by atoms with Crippen LogP contribution in [0.2, 0.25) is 0 Å². The molecule has 3 aromatic carbocycles. The van der Waals surface area contributed by atoms with E-state index in [9.17, 15) is 9.59 Å². The molecule has 0 radical (unpaired) electrons. The topological polar surface area (TPSA) is 49.9 Å². The Labute approximate surface area is 194 Å². The molecule has 0 aliphatic carbocycles. The predicted molar refractivity (Wildman–Crippen MR) is 131 cm³/mol. The zero-order valence-corrected chi connectivity index (χ0v) is 18.8. The van der Waals surface area contributed by atoms with Gasteiger partial charge in [0.15, 0.2) is 5.78 Å². The van der Waals surface area contributed by atoms with Crippen LogP contribution >= 0.6 is 0 Å². The summed E-state index contributed by atoms with van der Waals surface area (Å²) in [6.45, 7) is 4.94. The fourth-order valence-corrected chi connectivity index (χ4v) is 3.81. The standard InChI is InChI=1S/C28H28N2O3/c1-22(31)25-11-13-26(14-12-25)29-16-18-30(19-17-29)28(32)15-10-23-8-5-9-27(20-23)33-21-24-6-3-2-4-7-24/h2-15,20H,16-19,21H2,1H3/b15-10+. The maximum Gasteiger partial charge on any atom is 0.246 e. The lowest BCUT2D eigenvalue weighted by Crippen LogP contribution is -2.48. The largest absolute Gasteiger partial charge is 0.489 e. The first-order chi connectivity index (χ1) is 16.1. The van der Waals surface area contributed by atoms with Gasteiger partial charge in [-0.1, -0.05) is 42.5 Å². The number of benzene rings is 3. The van der Waals surface area contributed by atoms with Gasteiger partial charge in [0.1, 0.15) is 12.4 Å². The highest BCUT2D eigenvalue weighted by Gasteiger charge is 2.20. The van der Waals surface area contributed by atoms with Crippen LogP contribution in [0, 0.1) is 0 Å². The van der Waals surface area contributed by atoms with Gasteiger partial charge in [-0.05, 0) is 60.5 Å². The Morgan fingerprint density at radius 1 is 0.879 bits per heavy atom. The summed E-state index contributed by atoms with van der Waals surface area (Å²) in [5.74, 6) is 0.854. The highest BCUT2D eigenvalue weighted by molar-refractivity contribution is 5.94. The first-order valence-electron chi connectivity index (χ1n) is 11.2. The van der Waals surface area contributed by atoms with Crippen molar-refractivity contribution in [1.29, 1.82) is 0 Å². The molecule has 168 valence electrons. The quantitative estimate of drug-likeness (QED) is 0.390. The molecular weight excluding hydrogens is 412 g/mol.